The highest BCUT2D eigenvalue weighted by Crippen LogP contribution is 2.04. The fraction of sp³-hybridized carbons (Fsp3) is 1.00. The molecule has 0 unspecified atom stereocenters. The lowest BCUT2D eigenvalue weighted by atomic mass is 10.0. The van der Waals surface area contributed by atoms with Gasteiger partial charge in [0, 0.05) is 6.54 Å². The van der Waals surface area contributed by atoms with E-state index >= 15 is 0 Å². The minimum absolute atomic E-state index is 0.129. The number of aliphatic hydroxyl groups is 5. The predicted octanol–water partition coefficient (Wildman–Crippen LogP) is -2.58. The van der Waals surface area contributed by atoms with Crippen LogP contribution in [0.3, 0.4) is 0 Å². The smallest absolute Gasteiger partial charge is 0.111 e. The van der Waals surface area contributed by atoms with Crippen LogP contribution in [0, 0.1) is 0 Å². The largest absolute Gasteiger partial charge is 0.394 e. The number of hydrogen-bond donors (Lipinski definition) is 6. The van der Waals surface area contributed by atoms with Gasteiger partial charge in [0.15, 0.2) is 0 Å². The van der Waals surface area contributed by atoms with Gasteiger partial charge >= 0.3 is 0 Å². The van der Waals surface area contributed by atoms with E-state index in [0.717, 1.165) is 6.42 Å². The van der Waals surface area contributed by atoms with Crippen LogP contribution in [0.1, 0.15) is 13.3 Å². The van der Waals surface area contributed by atoms with Gasteiger partial charge in [-0.15, -0.1) is 0 Å². The molecule has 0 amide bonds. The molecular weight excluding hydrogens is 202 g/mol. The highest BCUT2D eigenvalue weighted by atomic mass is 16.4. The van der Waals surface area contributed by atoms with Crippen molar-refractivity contribution in [3.8, 4) is 0 Å². The lowest BCUT2D eigenvalue weighted by Gasteiger charge is -2.25. The quantitative estimate of drug-likeness (QED) is 0.252. The summed E-state index contributed by atoms with van der Waals surface area (Å²) in [5.74, 6) is 0. The van der Waals surface area contributed by atoms with Gasteiger partial charge in [-0.2, -0.15) is 0 Å². The molecular formula is C9H21NO5. The van der Waals surface area contributed by atoms with E-state index in [2.05, 4.69) is 5.32 Å². The molecule has 6 heteroatoms. The van der Waals surface area contributed by atoms with Gasteiger partial charge in [0.25, 0.3) is 0 Å². The van der Waals surface area contributed by atoms with Gasteiger partial charge in [-0.05, 0) is 13.0 Å². The van der Waals surface area contributed by atoms with Crippen molar-refractivity contribution >= 4 is 0 Å². The van der Waals surface area contributed by atoms with E-state index in [1.165, 1.54) is 0 Å². The van der Waals surface area contributed by atoms with E-state index in [9.17, 15) is 15.3 Å². The first-order chi connectivity index (χ1) is 7.04. The highest BCUT2D eigenvalue weighted by Gasteiger charge is 2.29. The molecule has 0 aromatic heterocycles. The van der Waals surface area contributed by atoms with E-state index in [4.69, 9.17) is 10.2 Å². The van der Waals surface area contributed by atoms with Crippen molar-refractivity contribution in [3.63, 3.8) is 0 Å². The molecule has 0 saturated carbocycles. The van der Waals surface area contributed by atoms with Crippen LogP contribution < -0.4 is 5.32 Å². The van der Waals surface area contributed by atoms with Crippen LogP contribution in [-0.2, 0) is 0 Å². The molecule has 92 valence electrons. The molecule has 0 bridgehead atoms. The summed E-state index contributed by atoms with van der Waals surface area (Å²) in [6, 6.07) is 0. The Labute approximate surface area is 89.2 Å². The summed E-state index contributed by atoms with van der Waals surface area (Å²) in [4.78, 5) is 0. The second-order valence-electron chi connectivity index (χ2n) is 3.50. The maximum absolute atomic E-state index is 9.39. The molecule has 0 aromatic carbocycles. The van der Waals surface area contributed by atoms with Gasteiger partial charge in [-0.3, -0.25) is 0 Å². The van der Waals surface area contributed by atoms with Crippen LogP contribution in [0.15, 0.2) is 0 Å². The van der Waals surface area contributed by atoms with Crippen molar-refractivity contribution in [2.45, 2.75) is 37.8 Å². The third-order valence-electron chi connectivity index (χ3n) is 2.11. The fourth-order valence-electron chi connectivity index (χ4n) is 1.11. The van der Waals surface area contributed by atoms with E-state index in [-0.39, 0.29) is 6.54 Å². The molecule has 0 aliphatic heterocycles. The Morgan fingerprint density at radius 1 is 1.00 bits per heavy atom. The lowest BCUT2D eigenvalue weighted by Crippen LogP contribution is -2.49. The van der Waals surface area contributed by atoms with Gasteiger partial charge < -0.3 is 30.8 Å². The SMILES string of the molecule is CCCNC[C@@H](O)[C@H](O)[C@@H](O)[C@@H](O)CO. The Morgan fingerprint density at radius 2 is 1.53 bits per heavy atom. The van der Waals surface area contributed by atoms with Crippen molar-refractivity contribution in [3.05, 3.63) is 0 Å². The number of nitrogens with one attached hydrogen (secondary N) is 1. The standard InChI is InChI=1S/C9H21NO5/c1-2-3-10-4-6(12)8(14)9(15)7(13)5-11/h6-15H,2-5H2,1H3/t6-,7+,8+,9+/m1/s1. The first-order valence-electron chi connectivity index (χ1n) is 5.08. The van der Waals surface area contributed by atoms with E-state index in [1.807, 2.05) is 6.92 Å². The van der Waals surface area contributed by atoms with Gasteiger partial charge in [0.05, 0.1) is 12.7 Å². The Morgan fingerprint density at radius 3 is 2.00 bits per heavy atom. The zero-order valence-electron chi connectivity index (χ0n) is 8.87. The second kappa shape index (κ2) is 7.98. The van der Waals surface area contributed by atoms with Crippen molar-refractivity contribution in [2.75, 3.05) is 19.7 Å². The zero-order valence-corrected chi connectivity index (χ0v) is 8.87. The van der Waals surface area contributed by atoms with Gasteiger partial charge in [0.1, 0.15) is 18.3 Å². The lowest BCUT2D eigenvalue weighted by molar-refractivity contribution is -0.113. The van der Waals surface area contributed by atoms with Crippen molar-refractivity contribution < 1.29 is 25.5 Å². The van der Waals surface area contributed by atoms with Crippen LogP contribution in [0.2, 0.25) is 0 Å². The molecule has 4 atom stereocenters. The van der Waals surface area contributed by atoms with Crippen molar-refractivity contribution in [1.82, 2.24) is 5.32 Å². The Kier molecular flexibility index (Phi) is 7.85. The molecule has 15 heavy (non-hydrogen) atoms. The molecule has 0 heterocycles. The van der Waals surface area contributed by atoms with Crippen LogP contribution >= 0.6 is 0 Å². The Bertz CT molecular complexity index is 157. The molecule has 0 spiro atoms. The summed E-state index contributed by atoms with van der Waals surface area (Å²) in [5, 5.41) is 48.5. The molecule has 0 aliphatic rings. The fourth-order valence-corrected chi connectivity index (χ4v) is 1.11. The Balaban J connectivity index is 3.90. The topological polar surface area (TPSA) is 113 Å². The molecule has 0 rings (SSSR count). The summed E-state index contributed by atoms with van der Waals surface area (Å²) in [5.41, 5.74) is 0. The maximum atomic E-state index is 9.39. The molecule has 0 radical (unpaired) electrons. The predicted molar refractivity (Wildman–Crippen MR) is 54.3 cm³/mol. The average Bonchev–Trinajstić information content (AvgIpc) is 2.26. The highest BCUT2D eigenvalue weighted by molar-refractivity contribution is 4.81. The number of rotatable bonds is 8. The van der Waals surface area contributed by atoms with Crippen molar-refractivity contribution in [1.29, 1.82) is 0 Å². The number of hydrogen-bond acceptors (Lipinski definition) is 6. The monoisotopic (exact) mass is 223 g/mol. The summed E-state index contributed by atoms with van der Waals surface area (Å²) in [6.07, 6.45) is -4.75. The first kappa shape index (κ1) is 14.8. The summed E-state index contributed by atoms with van der Waals surface area (Å²) in [7, 11) is 0. The van der Waals surface area contributed by atoms with Crippen LogP contribution in [0.5, 0.6) is 0 Å². The van der Waals surface area contributed by atoms with Crippen LogP contribution in [0.25, 0.3) is 0 Å². The second-order valence-corrected chi connectivity index (χ2v) is 3.50. The van der Waals surface area contributed by atoms with Gasteiger partial charge in [0.2, 0.25) is 0 Å². The van der Waals surface area contributed by atoms with E-state index in [0.29, 0.717) is 6.54 Å². The molecule has 0 saturated heterocycles. The zero-order chi connectivity index (χ0) is 11.8. The van der Waals surface area contributed by atoms with Gasteiger partial charge in [-0.1, -0.05) is 6.92 Å². The third kappa shape index (κ3) is 5.41. The van der Waals surface area contributed by atoms with Crippen LogP contribution in [-0.4, -0.2) is 69.6 Å². The average molecular weight is 223 g/mol. The van der Waals surface area contributed by atoms with Crippen molar-refractivity contribution in [2.24, 2.45) is 0 Å². The minimum atomic E-state index is -1.55. The van der Waals surface area contributed by atoms with Crippen LogP contribution in [0.4, 0.5) is 0 Å². The maximum Gasteiger partial charge on any atom is 0.111 e. The molecule has 0 aliphatic carbocycles. The van der Waals surface area contributed by atoms with E-state index in [1.54, 1.807) is 0 Å². The normalized spacial score (nSPS) is 19.6. The van der Waals surface area contributed by atoms with E-state index < -0.39 is 31.0 Å². The summed E-state index contributed by atoms with van der Waals surface area (Å²) < 4.78 is 0. The molecule has 0 fully saturated rings. The molecule has 6 N–H and O–H groups in total. The first-order valence-corrected chi connectivity index (χ1v) is 5.08. The summed E-state index contributed by atoms with van der Waals surface area (Å²) >= 11 is 0. The Hall–Kier alpha value is -0.240. The minimum Gasteiger partial charge on any atom is -0.394 e. The third-order valence-corrected chi connectivity index (χ3v) is 2.11. The molecule has 0 aromatic rings. The summed E-state index contributed by atoms with van der Waals surface area (Å²) in [6.45, 7) is 2.13. The van der Waals surface area contributed by atoms with Gasteiger partial charge in [-0.25, -0.2) is 0 Å². The number of aliphatic hydroxyl groups excluding tert-OH is 5. The molecule has 6 nitrogen and oxygen atoms in total.